The van der Waals surface area contributed by atoms with Crippen molar-refractivity contribution in [2.75, 3.05) is 24.6 Å². The highest BCUT2D eigenvalue weighted by atomic mass is 35.5. The van der Waals surface area contributed by atoms with Gasteiger partial charge in [-0.25, -0.2) is 0 Å². The van der Waals surface area contributed by atoms with E-state index in [-0.39, 0.29) is 0 Å². The van der Waals surface area contributed by atoms with Gasteiger partial charge < -0.3 is 5.32 Å². The zero-order chi connectivity index (χ0) is 10.9. The predicted octanol–water partition coefficient (Wildman–Crippen LogP) is 3.68. The van der Waals surface area contributed by atoms with Crippen LogP contribution in [0.2, 0.25) is 4.34 Å². The van der Waals surface area contributed by atoms with E-state index in [1.807, 2.05) is 17.8 Å². The zero-order valence-electron chi connectivity index (χ0n) is 9.09. The van der Waals surface area contributed by atoms with Crippen molar-refractivity contribution in [3.05, 3.63) is 21.3 Å². The molecule has 0 spiro atoms. The molecule has 0 aliphatic rings. The molecule has 1 rings (SSSR count). The molecule has 0 aromatic carbocycles. The Labute approximate surface area is 106 Å². The highest BCUT2D eigenvalue weighted by molar-refractivity contribution is 7.99. The average molecular weight is 264 g/mol. The Balaban J connectivity index is 1.93. The number of nitrogens with one attached hydrogen (secondary N) is 1. The number of rotatable bonds is 8. The van der Waals surface area contributed by atoms with Gasteiger partial charge in [0, 0.05) is 4.88 Å². The molecule has 1 aromatic rings. The predicted molar refractivity (Wildman–Crippen MR) is 73.5 cm³/mol. The van der Waals surface area contributed by atoms with Gasteiger partial charge in [-0.05, 0) is 49.6 Å². The quantitative estimate of drug-likeness (QED) is 0.718. The summed E-state index contributed by atoms with van der Waals surface area (Å²) in [4.78, 5) is 1.37. The lowest BCUT2D eigenvalue weighted by atomic mass is 10.3. The summed E-state index contributed by atoms with van der Waals surface area (Å²) in [6.07, 6.45) is 2.36. The summed E-state index contributed by atoms with van der Waals surface area (Å²) in [5.41, 5.74) is 0. The van der Waals surface area contributed by atoms with Crippen molar-refractivity contribution in [2.45, 2.75) is 19.8 Å². The molecule has 0 unspecified atom stereocenters. The lowest BCUT2D eigenvalue weighted by Crippen LogP contribution is -2.18. The Hall–Kier alpha value is 0.300. The molecule has 0 amide bonds. The Morgan fingerprint density at radius 1 is 1.40 bits per heavy atom. The van der Waals surface area contributed by atoms with E-state index in [2.05, 4.69) is 18.3 Å². The largest absolute Gasteiger partial charge is 0.316 e. The SMILES string of the molecule is CCSCCCNCCc1ccc(Cl)s1. The molecule has 1 N–H and O–H groups in total. The van der Waals surface area contributed by atoms with Gasteiger partial charge in [0.1, 0.15) is 0 Å². The summed E-state index contributed by atoms with van der Waals surface area (Å²) >= 11 is 9.54. The molecular formula is C11H18ClNS2. The zero-order valence-corrected chi connectivity index (χ0v) is 11.5. The third kappa shape index (κ3) is 6.46. The first kappa shape index (κ1) is 13.4. The normalized spacial score (nSPS) is 10.8. The molecular weight excluding hydrogens is 246 g/mol. The topological polar surface area (TPSA) is 12.0 Å². The van der Waals surface area contributed by atoms with E-state index in [0.29, 0.717) is 0 Å². The lowest BCUT2D eigenvalue weighted by Gasteiger charge is -2.02. The van der Waals surface area contributed by atoms with E-state index < -0.39 is 0 Å². The van der Waals surface area contributed by atoms with Gasteiger partial charge in [0.25, 0.3) is 0 Å². The van der Waals surface area contributed by atoms with Crippen LogP contribution in [0.3, 0.4) is 0 Å². The molecule has 0 aliphatic carbocycles. The lowest BCUT2D eigenvalue weighted by molar-refractivity contribution is 0.677. The maximum Gasteiger partial charge on any atom is 0.0931 e. The summed E-state index contributed by atoms with van der Waals surface area (Å²) in [7, 11) is 0. The van der Waals surface area contributed by atoms with Crippen LogP contribution in [0.5, 0.6) is 0 Å². The number of hydrogen-bond donors (Lipinski definition) is 1. The van der Waals surface area contributed by atoms with E-state index in [1.54, 1.807) is 11.3 Å². The first-order chi connectivity index (χ1) is 7.33. The number of thiophene rings is 1. The number of hydrogen-bond acceptors (Lipinski definition) is 3. The summed E-state index contributed by atoms with van der Waals surface area (Å²) < 4.78 is 0.893. The molecule has 0 saturated carbocycles. The maximum absolute atomic E-state index is 5.85. The Kier molecular flexibility index (Phi) is 7.53. The number of halogens is 1. The van der Waals surface area contributed by atoms with Crippen molar-refractivity contribution in [1.29, 1.82) is 0 Å². The van der Waals surface area contributed by atoms with Crippen LogP contribution in [0, 0.1) is 0 Å². The molecule has 1 heterocycles. The molecule has 0 saturated heterocycles. The van der Waals surface area contributed by atoms with Crippen LogP contribution >= 0.6 is 34.7 Å². The van der Waals surface area contributed by atoms with E-state index in [4.69, 9.17) is 11.6 Å². The molecule has 0 fully saturated rings. The van der Waals surface area contributed by atoms with Crippen LogP contribution in [-0.4, -0.2) is 24.6 Å². The van der Waals surface area contributed by atoms with Crippen molar-refractivity contribution in [2.24, 2.45) is 0 Å². The highest BCUT2D eigenvalue weighted by Gasteiger charge is 1.97. The minimum Gasteiger partial charge on any atom is -0.316 e. The van der Waals surface area contributed by atoms with Gasteiger partial charge in [0.2, 0.25) is 0 Å². The van der Waals surface area contributed by atoms with Crippen molar-refractivity contribution >= 4 is 34.7 Å². The fraction of sp³-hybridized carbons (Fsp3) is 0.636. The first-order valence-electron chi connectivity index (χ1n) is 5.35. The smallest absolute Gasteiger partial charge is 0.0931 e. The van der Waals surface area contributed by atoms with E-state index >= 15 is 0 Å². The summed E-state index contributed by atoms with van der Waals surface area (Å²) in [6.45, 7) is 4.40. The van der Waals surface area contributed by atoms with E-state index in [1.165, 1.54) is 22.8 Å². The van der Waals surface area contributed by atoms with Gasteiger partial charge in [0.15, 0.2) is 0 Å². The monoisotopic (exact) mass is 263 g/mol. The summed E-state index contributed by atoms with van der Waals surface area (Å²) in [6, 6.07) is 4.08. The second-order valence-corrected chi connectivity index (χ2v) is 6.45. The maximum atomic E-state index is 5.85. The fourth-order valence-electron chi connectivity index (χ4n) is 1.27. The minimum absolute atomic E-state index is 0.893. The average Bonchev–Trinajstić information content (AvgIpc) is 2.63. The molecule has 0 bridgehead atoms. The van der Waals surface area contributed by atoms with E-state index in [9.17, 15) is 0 Å². The number of thioether (sulfide) groups is 1. The second kappa shape index (κ2) is 8.45. The molecule has 4 heteroatoms. The molecule has 0 atom stereocenters. The van der Waals surface area contributed by atoms with Gasteiger partial charge in [-0.15, -0.1) is 11.3 Å². The van der Waals surface area contributed by atoms with Crippen LogP contribution in [0.1, 0.15) is 18.2 Å². The van der Waals surface area contributed by atoms with Crippen LogP contribution < -0.4 is 5.32 Å². The molecule has 15 heavy (non-hydrogen) atoms. The molecule has 1 aromatic heterocycles. The van der Waals surface area contributed by atoms with Crippen LogP contribution in [0.4, 0.5) is 0 Å². The minimum atomic E-state index is 0.893. The summed E-state index contributed by atoms with van der Waals surface area (Å²) in [5, 5.41) is 3.45. The third-order valence-corrected chi connectivity index (χ3v) is 4.30. The molecule has 0 radical (unpaired) electrons. The van der Waals surface area contributed by atoms with Crippen LogP contribution in [0.25, 0.3) is 0 Å². The molecule has 86 valence electrons. The van der Waals surface area contributed by atoms with Gasteiger partial charge in [0.05, 0.1) is 4.34 Å². The van der Waals surface area contributed by atoms with Crippen molar-refractivity contribution in [1.82, 2.24) is 5.32 Å². The van der Waals surface area contributed by atoms with Crippen LogP contribution in [0.15, 0.2) is 12.1 Å². The molecule has 0 aliphatic heterocycles. The Bertz CT molecular complexity index is 263. The Morgan fingerprint density at radius 3 is 2.93 bits per heavy atom. The van der Waals surface area contributed by atoms with Crippen molar-refractivity contribution < 1.29 is 0 Å². The Morgan fingerprint density at radius 2 is 2.27 bits per heavy atom. The highest BCUT2D eigenvalue weighted by Crippen LogP contribution is 2.21. The van der Waals surface area contributed by atoms with Crippen molar-refractivity contribution in [3.8, 4) is 0 Å². The van der Waals surface area contributed by atoms with E-state index in [0.717, 1.165) is 23.8 Å². The fourth-order valence-corrected chi connectivity index (χ4v) is 2.99. The molecule has 1 nitrogen and oxygen atoms in total. The second-order valence-electron chi connectivity index (χ2n) is 3.26. The van der Waals surface area contributed by atoms with Crippen molar-refractivity contribution in [3.63, 3.8) is 0 Å². The third-order valence-electron chi connectivity index (χ3n) is 2.02. The van der Waals surface area contributed by atoms with Gasteiger partial charge >= 0.3 is 0 Å². The van der Waals surface area contributed by atoms with Crippen LogP contribution in [-0.2, 0) is 6.42 Å². The first-order valence-corrected chi connectivity index (χ1v) is 7.70. The van der Waals surface area contributed by atoms with Gasteiger partial charge in [-0.3, -0.25) is 0 Å². The van der Waals surface area contributed by atoms with Gasteiger partial charge in [-0.1, -0.05) is 18.5 Å². The van der Waals surface area contributed by atoms with Gasteiger partial charge in [-0.2, -0.15) is 11.8 Å². The summed E-state index contributed by atoms with van der Waals surface area (Å²) in [5.74, 6) is 2.50. The standard InChI is InChI=1S/C11H18ClNS2/c1-2-14-9-3-7-13-8-6-10-4-5-11(12)15-10/h4-5,13H,2-3,6-9H2,1H3.